The molecular formula is C9H20BrNO3S. The van der Waals surface area contributed by atoms with Gasteiger partial charge in [-0.05, 0) is 12.3 Å². The summed E-state index contributed by atoms with van der Waals surface area (Å²) in [6.07, 6.45) is 0.796. The molecule has 0 aromatic heterocycles. The minimum absolute atomic E-state index is 0.00812. The van der Waals surface area contributed by atoms with Crippen LogP contribution in [-0.2, 0) is 14.8 Å². The molecule has 4 nitrogen and oxygen atoms in total. The van der Waals surface area contributed by atoms with E-state index in [0.717, 1.165) is 11.8 Å². The lowest BCUT2D eigenvalue weighted by Gasteiger charge is -2.21. The molecular weight excluding hydrogens is 282 g/mol. The Morgan fingerprint density at radius 1 is 1.40 bits per heavy atom. The van der Waals surface area contributed by atoms with E-state index in [-0.39, 0.29) is 18.4 Å². The Balaban J connectivity index is 4.25. The number of methoxy groups -OCH3 is 1. The third-order valence-electron chi connectivity index (χ3n) is 2.11. The van der Waals surface area contributed by atoms with Crippen LogP contribution >= 0.6 is 15.9 Å². The summed E-state index contributed by atoms with van der Waals surface area (Å²) in [5.41, 5.74) is 0. The van der Waals surface area contributed by atoms with Crippen LogP contribution in [0.2, 0.25) is 0 Å². The first-order valence-electron chi connectivity index (χ1n) is 4.98. The van der Waals surface area contributed by atoms with E-state index in [1.165, 1.54) is 7.11 Å². The third kappa shape index (κ3) is 7.27. The van der Waals surface area contributed by atoms with Crippen molar-refractivity contribution >= 4 is 26.0 Å². The molecule has 0 amide bonds. The van der Waals surface area contributed by atoms with Crippen molar-refractivity contribution in [3.8, 4) is 0 Å². The van der Waals surface area contributed by atoms with Crippen LogP contribution in [0, 0.1) is 5.92 Å². The number of ether oxygens (including phenoxy) is 1. The van der Waals surface area contributed by atoms with Crippen LogP contribution in [0.1, 0.15) is 20.3 Å². The summed E-state index contributed by atoms with van der Waals surface area (Å²) in [4.78, 5) is 0. The first-order chi connectivity index (χ1) is 6.93. The van der Waals surface area contributed by atoms with E-state index in [0.29, 0.717) is 5.92 Å². The van der Waals surface area contributed by atoms with Gasteiger partial charge in [0.25, 0.3) is 0 Å². The number of rotatable bonds is 8. The Labute approximate surface area is 101 Å². The van der Waals surface area contributed by atoms with Gasteiger partial charge in [0.15, 0.2) is 0 Å². The number of nitrogens with one attached hydrogen (secondary N) is 1. The van der Waals surface area contributed by atoms with Crippen molar-refractivity contribution in [2.45, 2.75) is 26.3 Å². The average Bonchev–Trinajstić information content (AvgIpc) is 2.14. The summed E-state index contributed by atoms with van der Waals surface area (Å²) in [6, 6.07) is -0.00812. The molecule has 1 N–H and O–H groups in total. The lowest BCUT2D eigenvalue weighted by atomic mass is 10.0. The molecule has 0 saturated carbocycles. The SMILES string of the molecule is COCCS(=O)(=O)NC(CCBr)C(C)C. The number of halogens is 1. The van der Waals surface area contributed by atoms with Gasteiger partial charge in [-0.2, -0.15) is 0 Å². The van der Waals surface area contributed by atoms with E-state index in [4.69, 9.17) is 4.74 Å². The van der Waals surface area contributed by atoms with Gasteiger partial charge >= 0.3 is 0 Å². The fourth-order valence-corrected chi connectivity index (χ4v) is 2.98. The Hall–Kier alpha value is 0.350. The summed E-state index contributed by atoms with van der Waals surface area (Å²) in [7, 11) is -1.71. The van der Waals surface area contributed by atoms with Gasteiger partial charge in [-0.25, -0.2) is 13.1 Å². The van der Waals surface area contributed by atoms with Crippen LogP contribution in [0.15, 0.2) is 0 Å². The van der Waals surface area contributed by atoms with Crippen molar-refractivity contribution in [3.05, 3.63) is 0 Å². The van der Waals surface area contributed by atoms with E-state index in [1.54, 1.807) is 0 Å². The van der Waals surface area contributed by atoms with Crippen molar-refractivity contribution in [1.29, 1.82) is 0 Å². The molecule has 0 bridgehead atoms. The molecule has 92 valence electrons. The number of hydrogen-bond acceptors (Lipinski definition) is 3. The molecule has 0 aliphatic carbocycles. The topological polar surface area (TPSA) is 55.4 Å². The maximum Gasteiger partial charge on any atom is 0.214 e. The second-order valence-electron chi connectivity index (χ2n) is 3.76. The van der Waals surface area contributed by atoms with E-state index in [2.05, 4.69) is 20.7 Å². The zero-order chi connectivity index (χ0) is 11.9. The molecule has 0 aliphatic rings. The lowest BCUT2D eigenvalue weighted by molar-refractivity contribution is 0.216. The predicted molar refractivity (Wildman–Crippen MR) is 65.8 cm³/mol. The smallest absolute Gasteiger partial charge is 0.214 e. The predicted octanol–water partition coefficient (Wildman–Crippen LogP) is 1.36. The van der Waals surface area contributed by atoms with Gasteiger partial charge in [-0.1, -0.05) is 29.8 Å². The molecule has 1 unspecified atom stereocenters. The summed E-state index contributed by atoms with van der Waals surface area (Å²) in [6.45, 7) is 4.24. The molecule has 0 radical (unpaired) electrons. The molecule has 0 spiro atoms. The molecule has 0 aromatic rings. The molecule has 0 heterocycles. The van der Waals surface area contributed by atoms with Gasteiger partial charge in [-0.3, -0.25) is 0 Å². The van der Waals surface area contributed by atoms with E-state index >= 15 is 0 Å². The molecule has 0 aliphatic heterocycles. The number of hydrogen-bond donors (Lipinski definition) is 1. The zero-order valence-corrected chi connectivity index (χ0v) is 11.9. The maximum absolute atomic E-state index is 11.6. The van der Waals surface area contributed by atoms with Gasteiger partial charge in [-0.15, -0.1) is 0 Å². The molecule has 1 atom stereocenters. The molecule has 0 saturated heterocycles. The highest BCUT2D eigenvalue weighted by Crippen LogP contribution is 2.09. The van der Waals surface area contributed by atoms with Crippen LogP contribution in [0.3, 0.4) is 0 Å². The second-order valence-corrected chi connectivity index (χ2v) is 6.42. The van der Waals surface area contributed by atoms with Crippen molar-refractivity contribution < 1.29 is 13.2 Å². The number of sulfonamides is 1. The van der Waals surface area contributed by atoms with Gasteiger partial charge in [0.2, 0.25) is 10.0 Å². The highest BCUT2D eigenvalue weighted by atomic mass is 79.9. The standard InChI is InChI=1S/C9H20BrNO3S/c1-8(2)9(4-5-10)11-15(12,13)7-6-14-3/h8-9,11H,4-7H2,1-3H3. The van der Waals surface area contributed by atoms with E-state index in [9.17, 15) is 8.42 Å². The van der Waals surface area contributed by atoms with E-state index in [1.807, 2.05) is 13.8 Å². The minimum atomic E-state index is -3.21. The van der Waals surface area contributed by atoms with Crippen molar-refractivity contribution in [2.75, 3.05) is 24.8 Å². The van der Waals surface area contributed by atoms with Crippen LogP contribution in [-0.4, -0.2) is 39.3 Å². The van der Waals surface area contributed by atoms with Gasteiger partial charge < -0.3 is 4.74 Å². The first kappa shape index (κ1) is 15.3. The fraction of sp³-hybridized carbons (Fsp3) is 1.00. The summed E-state index contributed by atoms with van der Waals surface area (Å²) in [5.74, 6) is 0.314. The van der Waals surface area contributed by atoms with Crippen molar-refractivity contribution in [1.82, 2.24) is 4.72 Å². The molecule has 0 aromatic carbocycles. The van der Waals surface area contributed by atoms with Crippen molar-refractivity contribution in [3.63, 3.8) is 0 Å². The summed E-state index contributed by atoms with van der Waals surface area (Å²) in [5, 5.41) is 0.794. The van der Waals surface area contributed by atoms with Crippen LogP contribution in [0.4, 0.5) is 0 Å². The monoisotopic (exact) mass is 301 g/mol. The molecule has 15 heavy (non-hydrogen) atoms. The van der Waals surface area contributed by atoms with Crippen molar-refractivity contribution in [2.24, 2.45) is 5.92 Å². The highest BCUT2D eigenvalue weighted by Gasteiger charge is 2.19. The quantitative estimate of drug-likeness (QED) is 0.689. The Kier molecular flexibility index (Phi) is 7.77. The number of alkyl halides is 1. The summed E-state index contributed by atoms with van der Waals surface area (Å²) < 4.78 is 30.6. The molecule has 0 fully saturated rings. The van der Waals surface area contributed by atoms with Crippen LogP contribution in [0.25, 0.3) is 0 Å². The van der Waals surface area contributed by atoms with Gasteiger partial charge in [0.05, 0.1) is 12.4 Å². The average molecular weight is 302 g/mol. The maximum atomic E-state index is 11.6. The Bertz CT molecular complexity index is 254. The van der Waals surface area contributed by atoms with Gasteiger partial charge in [0, 0.05) is 18.5 Å². The zero-order valence-electron chi connectivity index (χ0n) is 9.49. The first-order valence-corrected chi connectivity index (χ1v) is 7.75. The Morgan fingerprint density at radius 3 is 2.40 bits per heavy atom. The van der Waals surface area contributed by atoms with Crippen LogP contribution in [0.5, 0.6) is 0 Å². The molecule has 6 heteroatoms. The fourth-order valence-electron chi connectivity index (χ4n) is 1.13. The normalized spacial score (nSPS) is 14.5. The van der Waals surface area contributed by atoms with E-state index < -0.39 is 10.0 Å². The molecule has 0 rings (SSSR count). The van der Waals surface area contributed by atoms with Gasteiger partial charge in [0.1, 0.15) is 0 Å². The highest BCUT2D eigenvalue weighted by molar-refractivity contribution is 9.09. The summed E-state index contributed by atoms with van der Waals surface area (Å²) >= 11 is 3.32. The largest absolute Gasteiger partial charge is 0.384 e. The lowest BCUT2D eigenvalue weighted by Crippen LogP contribution is -2.40. The Morgan fingerprint density at radius 2 is 2.00 bits per heavy atom. The third-order valence-corrected chi connectivity index (χ3v) is 3.94. The minimum Gasteiger partial charge on any atom is -0.384 e. The van der Waals surface area contributed by atoms with Crippen LogP contribution < -0.4 is 4.72 Å². The second kappa shape index (κ2) is 7.60.